The molecule has 0 amide bonds. The van der Waals surface area contributed by atoms with Crippen LogP contribution in [-0.2, 0) is 4.79 Å². The first-order valence-corrected chi connectivity index (χ1v) is 9.43. The molecule has 0 aliphatic rings. The van der Waals surface area contributed by atoms with E-state index in [1.807, 2.05) is 59.6 Å². The largest absolute Gasteiger partial charge is 0.478 e. The molecule has 144 valence electrons. The monoisotopic (exact) mass is 376 g/mol. The predicted molar refractivity (Wildman–Crippen MR) is 111 cm³/mol. The molecule has 0 saturated heterocycles. The summed E-state index contributed by atoms with van der Waals surface area (Å²) in [4.78, 5) is 20.0. The Labute approximate surface area is 164 Å². The van der Waals surface area contributed by atoms with Gasteiger partial charge in [-0.3, -0.25) is 0 Å². The molecule has 3 rings (SSSR count). The van der Waals surface area contributed by atoms with Crippen molar-refractivity contribution >= 4 is 18.0 Å². The molecule has 0 bridgehead atoms. The van der Waals surface area contributed by atoms with Gasteiger partial charge in [0.1, 0.15) is 5.82 Å². The van der Waals surface area contributed by atoms with E-state index in [-0.39, 0.29) is 0 Å². The average molecular weight is 376 g/mol. The molecule has 0 atom stereocenters. The molecular weight excluding hydrogens is 352 g/mol. The molecule has 0 unspecified atom stereocenters. The highest BCUT2D eigenvalue weighted by Gasteiger charge is 2.11. The highest BCUT2D eigenvalue weighted by Crippen LogP contribution is 2.27. The van der Waals surface area contributed by atoms with Gasteiger partial charge in [-0.05, 0) is 41.8 Å². The minimum Gasteiger partial charge on any atom is -0.478 e. The van der Waals surface area contributed by atoms with E-state index in [0.717, 1.165) is 41.5 Å². The van der Waals surface area contributed by atoms with Crippen LogP contribution in [0, 0.1) is 0 Å². The lowest BCUT2D eigenvalue weighted by Crippen LogP contribution is -2.08. The fourth-order valence-corrected chi connectivity index (χ4v) is 2.89. The molecule has 0 fully saturated rings. The second kappa shape index (κ2) is 9.50. The molecule has 6 nitrogen and oxygen atoms in total. The zero-order valence-electron chi connectivity index (χ0n) is 15.9. The molecule has 3 aromatic rings. The fraction of sp³-hybridized carbons (Fsp3) is 0.227. The molecule has 0 aliphatic carbocycles. The van der Waals surface area contributed by atoms with Gasteiger partial charge in [0.05, 0.1) is 0 Å². The summed E-state index contributed by atoms with van der Waals surface area (Å²) < 4.78 is 1.95. The fourth-order valence-electron chi connectivity index (χ4n) is 2.89. The molecule has 0 spiro atoms. The standard InChI is InChI=1S/C22H24N4O2/c1-2-3-4-12-23-22-24-16-19(21(25-22)26-13-5-6-14-26)18-9-7-8-17(15-18)10-11-20(27)28/h5-11,13-16H,2-4,12H2,1H3,(H,27,28)(H,23,24,25)/b11-10+. The Morgan fingerprint density at radius 2 is 2.04 bits per heavy atom. The van der Waals surface area contributed by atoms with Crippen molar-refractivity contribution in [3.8, 4) is 16.9 Å². The highest BCUT2D eigenvalue weighted by atomic mass is 16.4. The number of benzene rings is 1. The molecule has 28 heavy (non-hydrogen) atoms. The molecule has 2 heterocycles. The summed E-state index contributed by atoms with van der Waals surface area (Å²) >= 11 is 0. The summed E-state index contributed by atoms with van der Waals surface area (Å²) in [6.45, 7) is 3.02. The molecule has 0 aliphatic heterocycles. The Kier molecular flexibility index (Phi) is 6.57. The SMILES string of the molecule is CCCCCNc1ncc(-c2cccc(/C=C/C(=O)O)c2)c(-n2cccc2)n1. The molecule has 0 saturated carbocycles. The summed E-state index contributed by atoms with van der Waals surface area (Å²) in [5, 5.41) is 12.1. The van der Waals surface area contributed by atoms with Crippen molar-refractivity contribution in [3.63, 3.8) is 0 Å². The Morgan fingerprint density at radius 1 is 1.21 bits per heavy atom. The van der Waals surface area contributed by atoms with Crippen molar-refractivity contribution in [2.24, 2.45) is 0 Å². The minimum atomic E-state index is -0.972. The molecular formula is C22H24N4O2. The van der Waals surface area contributed by atoms with Crippen LogP contribution in [0.5, 0.6) is 0 Å². The highest BCUT2D eigenvalue weighted by molar-refractivity contribution is 5.85. The number of hydrogen-bond acceptors (Lipinski definition) is 4. The van der Waals surface area contributed by atoms with E-state index >= 15 is 0 Å². The van der Waals surface area contributed by atoms with Crippen molar-refractivity contribution in [2.45, 2.75) is 26.2 Å². The summed E-state index contributed by atoms with van der Waals surface area (Å²) in [6, 6.07) is 11.6. The third kappa shape index (κ3) is 5.07. The van der Waals surface area contributed by atoms with Crippen molar-refractivity contribution in [3.05, 3.63) is 66.6 Å². The number of aliphatic carboxylic acids is 1. The lowest BCUT2D eigenvalue weighted by atomic mass is 10.0. The van der Waals surface area contributed by atoms with Crippen LogP contribution in [-0.4, -0.2) is 32.2 Å². The van der Waals surface area contributed by atoms with Crippen LogP contribution in [0.1, 0.15) is 31.7 Å². The smallest absolute Gasteiger partial charge is 0.328 e. The van der Waals surface area contributed by atoms with Gasteiger partial charge in [0, 0.05) is 36.8 Å². The van der Waals surface area contributed by atoms with Crippen molar-refractivity contribution in [1.29, 1.82) is 0 Å². The van der Waals surface area contributed by atoms with Crippen LogP contribution in [0.15, 0.2) is 61.1 Å². The van der Waals surface area contributed by atoms with Gasteiger partial charge >= 0.3 is 5.97 Å². The van der Waals surface area contributed by atoms with Crippen molar-refractivity contribution < 1.29 is 9.90 Å². The maximum Gasteiger partial charge on any atom is 0.328 e. The average Bonchev–Trinajstić information content (AvgIpc) is 3.24. The van der Waals surface area contributed by atoms with E-state index < -0.39 is 5.97 Å². The molecule has 1 aromatic carbocycles. The van der Waals surface area contributed by atoms with Crippen LogP contribution in [0.4, 0.5) is 5.95 Å². The number of unbranched alkanes of at least 4 members (excludes halogenated alkanes) is 2. The molecule has 6 heteroatoms. The van der Waals surface area contributed by atoms with Gasteiger partial charge in [-0.1, -0.05) is 38.0 Å². The normalized spacial score (nSPS) is 11.0. The van der Waals surface area contributed by atoms with Crippen molar-refractivity contribution in [1.82, 2.24) is 14.5 Å². The number of nitrogens with zero attached hydrogens (tertiary/aromatic N) is 3. The number of nitrogens with one attached hydrogen (secondary N) is 1. The van der Waals surface area contributed by atoms with Crippen LogP contribution in [0.2, 0.25) is 0 Å². The quantitative estimate of drug-likeness (QED) is 0.420. The topological polar surface area (TPSA) is 80.0 Å². The maximum atomic E-state index is 10.8. The Balaban J connectivity index is 1.94. The van der Waals surface area contributed by atoms with Crippen LogP contribution >= 0.6 is 0 Å². The van der Waals surface area contributed by atoms with Crippen LogP contribution < -0.4 is 5.32 Å². The first-order valence-electron chi connectivity index (χ1n) is 9.43. The summed E-state index contributed by atoms with van der Waals surface area (Å²) in [7, 11) is 0. The second-order valence-electron chi connectivity index (χ2n) is 6.45. The van der Waals surface area contributed by atoms with Gasteiger partial charge in [-0.15, -0.1) is 0 Å². The van der Waals surface area contributed by atoms with E-state index in [9.17, 15) is 4.79 Å². The number of aromatic nitrogens is 3. The zero-order valence-corrected chi connectivity index (χ0v) is 15.9. The summed E-state index contributed by atoms with van der Waals surface area (Å²) in [5.41, 5.74) is 2.61. The predicted octanol–water partition coefficient (Wildman–Crippen LogP) is 4.63. The van der Waals surface area contributed by atoms with E-state index in [1.165, 1.54) is 12.8 Å². The Hall–Kier alpha value is -3.41. The lowest BCUT2D eigenvalue weighted by molar-refractivity contribution is -0.131. The van der Waals surface area contributed by atoms with Crippen molar-refractivity contribution in [2.75, 3.05) is 11.9 Å². The van der Waals surface area contributed by atoms with Gasteiger partial charge < -0.3 is 15.0 Å². The second-order valence-corrected chi connectivity index (χ2v) is 6.45. The lowest BCUT2D eigenvalue weighted by Gasteiger charge is -2.13. The summed E-state index contributed by atoms with van der Waals surface area (Å²) in [5.74, 6) is 0.406. The van der Waals surface area contributed by atoms with E-state index in [0.29, 0.717) is 5.95 Å². The Morgan fingerprint density at radius 3 is 2.79 bits per heavy atom. The molecule has 2 N–H and O–H groups in total. The van der Waals surface area contributed by atoms with E-state index in [4.69, 9.17) is 10.1 Å². The maximum absolute atomic E-state index is 10.8. The zero-order chi connectivity index (χ0) is 19.8. The molecule has 2 aromatic heterocycles. The van der Waals surface area contributed by atoms with Gasteiger partial charge in [-0.25, -0.2) is 9.78 Å². The third-order valence-electron chi connectivity index (χ3n) is 4.30. The van der Waals surface area contributed by atoms with Gasteiger partial charge in [0.2, 0.25) is 5.95 Å². The first kappa shape index (κ1) is 19.4. The Bertz CT molecular complexity index is 949. The number of carboxylic acids is 1. The van der Waals surface area contributed by atoms with Crippen LogP contribution in [0.3, 0.4) is 0 Å². The number of carbonyl (C=O) groups is 1. The van der Waals surface area contributed by atoms with E-state index in [1.54, 1.807) is 6.08 Å². The van der Waals surface area contributed by atoms with Gasteiger partial charge in [-0.2, -0.15) is 4.98 Å². The van der Waals surface area contributed by atoms with Gasteiger partial charge in [0.15, 0.2) is 0 Å². The van der Waals surface area contributed by atoms with E-state index in [2.05, 4.69) is 17.2 Å². The number of carboxylic acid groups (broad SMARTS) is 1. The summed E-state index contributed by atoms with van der Waals surface area (Å²) in [6.07, 6.45) is 11.8. The third-order valence-corrected chi connectivity index (χ3v) is 4.30. The number of rotatable bonds is 9. The van der Waals surface area contributed by atoms with Crippen LogP contribution in [0.25, 0.3) is 23.0 Å². The number of anilines is 1. The molecule has 0 radical (unpaired) electrons. The number of hydrogen-bond donors (Lipinski definition) is 2. The minimum absolute atomic E-state index is 0.602. The van der Waals surface area contributed by atoms with Gasteiger partial charge in [0.25, 0.3) is 0 Å². The first-order chi connectivity index (χ1) is 13.7.